The zero-order chi connectivity index (χ0) is 10.8. The Balaban J connectivity index is 2.20. The minimum Gasteiger partial charge on any atom is -0.389 e. The third-order valence-electron chi connectivity index (χ3n) is 2.32. The molecule has 1 atom stereocenters. The fraction of sp³-hybridized carbons (Fsp3) is 0.455. The van der Waals surface area contributed by atoms with Gasteiger partial charge in [-0.25, -0.2) is 0 Å². The monoisotopic (exact) mass is 288 g/mol. The largest absolute Gasteiger partial charge is 0.389 e. The lowest BCUT2D eigenvalue weighted by molar-refractivity contribution is 0.0455. The van der Waals surface area contributed by atoms with Gasteiger partial charge in [0.1, 0.15) is 0 Å². The molecule has 0 amide bonds. The van der Waals surface area contributed by atoms with Gasteiger partial charge in [0.2, 0.25) is 0 Å². The average Bonchev–Trinajstić information content (AvgIpc) is 2.12. The minimum absolute atomic E-state index is 0.425. The van der Waals surface area contributed by atoms with E-state index in [-0.39, 0.29) is 0 Å². The van der Waals surface area contributed by atoms with Crippen molar-refractivity contribution in [1.82, 2.24) is 0 Å². The van der Waals surface area contributed by atoms with Crippen LogP contribution < -0.4 is 0 Å². The van der Waals surface area contributed by atoms with Gasteiger partial charge in [0.15, 0.2) is 0 Å². The molecule has 1 fully saturated rings. The molecular weight excluding hydrogens is 276 g/mol. The molecule has 1 aliphatic rings. The zero-order valence-corrected chi connectivity index (χ0v) is 10.8. The highest BCUT2D eigenvalue weighted by Crippen LogP contribution is 2.34. The van der Waals surface area contributed by atoms with Gasteiger partial charge in [-0.1, -0.05) is 15.9 Å². The lowest BCUT2D eigenvalue weighted by atomic mass is 10.1. The molecule has 0 aliphatic carbocycles. The normalized spacial score (nSPS) is 18.6. The van der Waals surface area contributed by atoms with E-state index in [1.807, 2.05) is 12.1 Å². The molecule has 82 valence electrons. The van der Waals surface area contributed by atoms with Crippen molar-refractivity contribution in [3.05, 3.63) is 28.2 Å². The van der Waals surface area contributed by atoms with Crippen molar-refractivity contribution in [2.75, 3.05) is 13.2 Å². The Morgan fingerprint density at radius 2 is 2.27 bits per heavy atom. The van der Waals surface area contributed by atoms with E-state index in [9.17, 15) is 5.11 Å². The van der Waals surface area contributed by atoms with Crippen LogP contribution in [0.2, 0.25) is 0 Å². The van der Waals surface area contributed by atoms with Gasteiger partial charge in [0.25, 0.3) is 0 Å². The molecule has 0 aromatic heterocycles. The summed E-state index contributed by atoms with van der Waals surface area (Å²) in [7, 11) is 0. The third-order valence-corrected chi connectivity index (χ3v) is 4.05. The van der Waals surface area contributed by atoms with Gasteiger partial charge in [-0.3, -0.25) is 0 Å². The first-order valence-corrected chi connectivity index (χ1v) is 6.56. The first kappa shape index (κ1) is 11.5. The second kappa shape index (κ2) is 4.87. The zero-order valence-electron chi connectivity index (χ0n) is 8.44. The quantitative estimate of drug-likeness (QED) is 0.927. The predicted octanol–water partition coefficient (Wildman–Crippen LogP) is 2.99. The number of aliphatic hydroxyl groups is 1. The number of aliphatic hydroxyl groups excluding tert-OH is 1. The lowest BCUT2D eigenvalue weighted by Gasteiger charge is -2.26. The van der Waals surface area contributed by atoms with E-state index in [0.717, 1.165) is 28.1 Å². The van der Waals surface area contributed by atoms with Crippen LogP contribution in [0.3, 0.4) is 0 Å². The number of rotatable bonds is 3. The number of hydrogen-bond acceptors (Lipinski definition) is 3. The Hall–Kier alpha value is -0.0300. The van der Waals surface area contributed by atoms with E-state index < -0.39 is 6.10 Å². The first-order valence-electron chi connectivity index (χ1n) is 4.88. The summed E-state index contributed by atoms with van der Waals surface area (Å²) in [6.07, 6.45) is -0.425. The molecule has 0 radical (unpaired) electrons. The second-order valence-corrected chi connectivity index (χ2v) is 5.89. The van der Waals surface area contributed by atoms with Crippen LogP contribution in [0.4, 0.5) is 0 Å². The summed E-state index contributed by atoms with van der Waals surface area (Å²) in [5.41, 5.74) is 0.987. The van der Waals surface area contributed by atoms with E-state index in [0.29, 0.717) is 5.25 Å². The maximum Gasteiger partial charge on any atom is 0.0773 e. The van der Waals surface area contributed by atoms with Gasteiger partial charge < -0.3 is 9.84 Å². The fourth-order valence-corrected chi connectivity index (χ4v) is 2.99. The molecule has 0 bridgehead atoms. The smallest absolute Gasteiger partial charge is 0.0773 e. The number of ether oxygens (including phenoxy) is 1. The standard InChI is InChI=1S/C11H13BrO2S/c1-7(13)10-4-8(12)2-3-11(10)15-9-5-14-6-9/h2-4,7,9,13H,5-6H2,1H3. The number of thioether (sulfide) groups is 1. The van der Waals surface area contributed by atoms with Crippen LogP contribution in [0.15, 0.2) is 27.6 Å². The number of benzene rings is 1. The summed E-state index contributed by atoms with van der Waals surface area (Å²) in [5, 5.41) is 10.2. The van der Waals surface area contributed by atoms with Crippen LogP contribution >= 0.6 is 27.7 Å². The summed E-state index contributed by atoms with van der Waals surface area (Å²) in [6.45, 7) is 3.43. The van der Waals surface area contributed by atoms with Crippen LogP contribution in [0, 0.1) is 0 Å². The SMILES string of the molecule is CC(O)c1cc(Br)ccc1SC1COC1. The van der Waals surface area contributed by atoms with Crippen molar-refractivity contribution < 1.29 is 9.84 Å². The minimum atomic E-state index is -0.425. The molecule has 0 spiro atoms. The van der Waals surface area contributed by atoms with Gasteiger partial charge in [-0.15, -0.1) is 11.8 Å². The maximum absolute atomic E-state index is 9.67. The van der Waals surface area contributed by atoms with E-state index in [1.54, 1.807) is 18.7 Å². The highest BCUT2D eigenvalue weighted by atomic mass is 79.9. The van der Waals surface area contributed by atoms with Crippen LogP contribution in [-0.4, -0.2) is 23.6 Å². The summed E-state index contributed by atoms with van der Waals surface area (Å²) in [5.74, 6) is 0. The van der Waals surface area contributed by atoms with Crippen LogP contribution in [0.1, 0.15) is 18.6 Å². The Bertz CT molecular complexity index is 350. The summed E-state index contributed by atoms with van der Waals surface area (Å²) < 4.78 is 6.15. The van der Waals surface area contributed by atoms with E-state index >= 15 is 0 Å². The van der Waals surface area contributed by atoms with Crippen molar-refractivity contribution in [3.63, 3.8) is 0 Å². The molecular formula is C11H13BrO2S. The van der Waals surface area contributed by atoms with Crippen molar-refractivity contribution in [3.8, 4) is 0 Å². The van der Waals surface area contributed by atoms with Crippen molar-refractivity contribution in [2.24, 2.45) is 0 Å². The molecule has 2 rings (SSSR count). The Labute approximate surface area is 102 Å². The van der Waals surface area contributed by atoms with Crippen LogP contribution in [-0.2, 0) is 4.74 Å². The molecule has 1 aromatic rings. The molecule has 1 unspecified atom stereocenters. The van der Waals surface area contributed by atoms with Gasteiger partial charge in [0.05, 0.1) is 24.6 Å². The Kier molecular flexibility index (Phi) is 3.72. The Morgan fingerprint density at radius 3 is 2.80 bits per heavy atom. The molecule has 1 saturated heterocycles. The Morgan fingerprint density at radius 1 is 1.53 bits per heavy atom. The summed E-state index contributed by atoms with van der Waals surface area (Å²) in [4.78, 5) is 1.15. The topological polar surface area (TPSA) is 29.5 Å². The predicted molar refractivity (Wildman–Crippen MR) is 65.2 cm³/mol. The summed E-state index contributed by atoms with van der Waals surface area (Å²) >= 11 is 5.21. The molecule has 1 heterocycles. The molecule has 0 saturated carbocycles. The van der Waals surface area contributed by atoms with Gasteiger partial charge in [0, 0.05) is 9.37 Å². The first-order chi connectivity index (χ1) is 7.16. The van der Waals surface area contributed by atoms with Crippen LogP contribution in [0.5, 0.6) is 0 Å². The second-order valence-electron chi connectivity index (χ2n) is 3.64. The van der Waals surface area contributed by atoms with Gasteiger partial charge >= 0.3 is 0 Å². The third kappa shape index (κ3) is 2.75. The summed E-state index contributed by atoms with van der Waals surface area (Å²) in [6, 6.07) is 6.04. The molecule has 1 aromatic carbocycles. The number of hydrogen-bond donors (Lipinski definition) is 1. The van der Waals surface area contributed by atoms with E-state index in [4.69, 9.17) is 4.74 Å². The lowest BCUT2D eigenvalue weighted by Crippen LogP contribution is -2.30. The number of halogens is 1. The van der Waals surface area contributed by atoms with Gasteiger partial charge in [-0.2, -0.15) is 0 Å². The molecule has 4 heteroatoms. The molecule has 15 heavy (non-hydrogen) atoms. The average molecular weight is 289 g/mol. The van der Waals surface area contributed by atoms with Crippen molar-refractivity contribution in [1.29, 1.82) is 0 Å². The highest BCUT2D eigenvalue weighted by Gasteiger charge is 2.21. The molecule has 1 N–H and O–H groups in total. The maximum atomic E-state index is 9.67. The van der Waals surface area contributed by atoms with Crippen molar-refractivity contribution in [2.45, 2.75) is 23.2 Å². The highest BCUT2D eigenvalue weighted by molar-refractivity contribution is 9.10. The molecule has 1 aliphatic heterocycles. The van der Waals surface area contributed by atoms with E-state index in [2.05, 4.69) is 22.0 Å². The molecule has 2 nitrogen and oxygen atoms in total. The van der Waals surface area contributed by atoms with Gasteiger partial charge in [-0.05, 0) is 30.7 Å². The van der Waals surface area contributed by atoms with Crippen molar-refractivity contribution >= 4 is 27.7 Å². The fourth-order valence-electron chi connectivity index (χ4n) is 1.41. The van der Waals surface area contributed by atoms with E-state index in [1.165, 1.54) is 0 Å². The van der Waals surface area contributed by atoms with Crippen LogP contribution in [0.25, 0.3) is 0 Å².